The molecule has 5 heteroatoms. The average molecular weight is 348 g/mol. The lowest BCUT2D eigenvalue weighted by Crippen LogP contribution is -2.44. The van der Waals surface area contributed by atoms with Gasteiger partial charge in [-0.2, -0.15) is 0 Å². The van der Waals surface area contributed by atoms with E-state index in [1.807, 2.05) is 12.3 Å². The third-order valence-corrected chi connectivity index (χ3v) is 5.87. The van der Waals surface area contributed by atoms with Gasteiger partial charge in [-0.3, -0.25) is 4.98 Å². The minimum Gasteiger partial charge on any atom is -0.392 e. The quantitative estimate of drug-likeness (QED) is 0.274. The maximum atomic E-state index is 7.36. The lowest BCUT2D eigenvalue weighted by atomic mass is 9.77. The highest BCUT2D eigenvalue weighted by atomic mass is 35.5. The Morgan fingerprint density at radius 3 is 3.00 bits per heavy atom. The predicted molar refractivity (Wildman–Crippen MR) is 98.5 cm³/mol. The molecule has 0 amide bonds. The van der Waals surface area contributed by atoms with Crippen LogP contribution in [0.4, 0.5) is 0 Å². The Hall–Kier alpha value is -1.39. The molecule has 130 valence electrons. The molecule has 2 heterocycles. The maximum absolute atomic E-state index is 7.36. The number of halogens is 1. The topological polar surface area (TPSA) is 37.7 Å². The van der Waals surface area contributed by atoms with Gasteiger partial charge in [-0.15, -0.1) is 11.6 Å². The molecular formula is C19H26ClN3O. The molecule has 1 aliphatic carbocycles. The van der Waals surface area contributed by atoms with Crippen molar-refractivity contribution in [2.24, 2.45) is 11.1 Å². The number of nitrogens with zero attached hydrogens (tertiary/aromatic N) is 3. The lowest BCUT2D eigenvalue weighted by Gasteiger charge is -2.40. The van der Waals surface area contributed by atoms with E-state index in [1.165, 1.54) is 5.56 Å². The van der Waals surface area contributed by atoms with Gasteiger partial charge in [0.2, 0.25) is 0 Å². The number of aryl methyl sites for hydroxylation is 1. The largest absolute Gasteiger partial charge is 0.392 e. The lowest BCUT2D eigenvalue weighted by molar-refractivity contribution is 0.166. The van der Waals surface area contributed by atoms with E-state index >= 15 is 0 Å². The highest BCUT2D eigenvalue weighted by Gasteiger charge is 2.47. The van der Waals surface area contributed by atoms with E-state index in [0.29, 0.717) is 12.5 Å². The maximum Gasteiger partial charge on any atom is 0.135 e. The molecule has 0 spiro atoms. The molecule has 0 saturated carbocycles. The summed E-state index contributed by atoms with van der Waals surface area (Å²) >= 11 is 7.36. The van der Waals surface area contributed by atoms with Crippen molar-refractivity contribution in [3.63, 3.8) is 0 Å². The molecule has 4 nitrogen and oxygen atoms in total. The number of fused-ring (bicyclic) bond motifs is 1. The molecule has 3 rings (SSSR count). The van der Waals surface area contributed by atoms with Gasteiger partial charge in [-0.05, 0) is 69.8 Å². The predicted octanol–water partition coefficient (Wildman–Crippen LogP) is 3.75. The number of pyridine rings is 1. The molecule has 0 radical (unpaired) electrons. The fraction of sp³-hybridized carbons (Fsp3) is 0.579. The molecule has 1 saturated heterocycles. The second kappa shape index (κ2) is 7.66. The number of hydrogen-bond acceptors (Lipinski definition) is 4. The number of hydrogen-bond donors (Lipinski definition) is 0. The molecule has 0 aromatic carbocycles. The van der Waals surface area contributed by atoms with E-state index < -0.39 is 4.87 Å². The van der Waals surface area contributed by atoms with Crippen LogP contribution >= 0.6 is 11.6 Å². The number of likely N-dealkylation sites (tertiary alicyclic amines) is 1. The molecule has 1 aromatic heterocycles. The second-order valence-corrected chi connectivity index (χ2v) is 7.37. The van der Waals surface area contributed by atoms with Crippen LogP contribution in [0.1, 0.15) is 36.9 Å². The Morgan fingerprint density at radius 1 is 1.46 bits per heavy atom. The third kappa shape index (κ3) is 3.35. The smallest absolute Gasteiger partial charge is 0.135 e. The highest BCUT2D eigenvalue weighted by Crippen LogP contribution is 2.46. The summed E-state index contributed by atoms with van der Waals surface area (Å²) < 4.78 is 0. The van der Waals surface area contributed by atoms with Crippen LogP contribution in [0.3, 0.4) is 0 Å². The van der Waals surface area contributed by atoms with Gasteiger partial charge < -0.3 is 9.74 Å². The van der Waals surface area contributed by atoms with Gasteiger partial charge >= 0.3 is 0 Å². The first kappa shape index (κ1) is 17.4. The summed E-state index contributed by atoms with van der Waals surface area (Å²) in [5, 5.41) is 4.44. The van der Waals surface area contributed by atoms with Crippen LogP contribution in [0.5, 0.6) is 0 Å². The van der Waals surface area contributed by atoms with Crippen molar-refractivity contribution < 1.29 is 4.84 Å². The van der Waals surface area contributed by atoms with Crippen LogP contribution in [0.25, 0.3) is 0 Å². The number of oxime groups is 1. The summed E-state index contributed by atoms with van der Waals surface area (Å²) in [6, 6.07) is 4.16. The normalized spacial score (nSPS) is 27.5. The van der Waals surface area contributed by atoms with Crippen molar-refractivity contribution in [3.8, 4) is 0 Å². The Morgan fingerprint density at radius 2 is 2.25 bits per heavy atom. The standard InChI is InChI=1S/C19H26ClN3O/c1-3-14-24-22-17-8-4-6-15-7-5-11-21-18(15)19(17,20)16-9-12-23(2)13-10-16/h3,5,7,11,16H,1,4,6,8-10,12-14H2,2H3. The van der Waals surface area contributed by atoms with Crippen LogP contribution in [0, 0.1) is 5.92 Å². The SMILES string of the molecule is C=CCON=C1CCCc2cccnc2C1(Cl)C1CCN(C)CC1. The zero-order valence-corrected chi connectivity index (χ0v) is 15.1. The summed E-state index contributed by atoms with van der Waals surface area (Å²) in [5.74, 6) is 0.327. The number of piperidine rings is 1. The zero-order chi connectivity index (χ0) is 17.0. The summed E-state index contributed by atoms with van der Waals surface area (Å²) in [6.07, 6.45) is 8.52. The molecule has 1 atom stereocenters. The van der Waals surface area contributed by atoms with Crippen LogP contribution in [-0.4, -0.2) is 42.3 Å². The van der Waals surface area contributed by atoms with Gasteiger partial charge in [-0.25, -0.2) is 0 Å². The van der Waals surface area contributed by atoms with E-state index in [-0.39, 0.29) is 0 Å². The van der Waals surface area contributed by atoms with Gasteiger partial charge in [0.05, 0.1) is 11.4 Å². The molecule has 0 N–H and O–H groups in total. The summed E-state index contributed by atoms with van der Waals surface area (Å²) in [4.78, 5) is 11.9. The summed E-state index contributed by atoms with van der Waals surface area (Å²) in [5.41, 5.74) is 3.16. The molecular weight excluding hydrogens is 322 g/mol. The van der Waals surface area contributed by atoms with Gasteiger partial charge in [0.1, 0.15) is 11.5 Å². The van der Waals surface area contributed by atoms with Crippen LogP contribution < -0.4 is 0 Å². The van der Waals surface area contributed by atoms with Gasteiger partial charge in [0.25, 0.3) is 0 Å². The Labute approximate surface area is 149 Å². The zero-order valence-electron chi connectivity index (χ0n) is 14.4. The first-order valence-corrected chi connectivity index (χ1v) is 9.16. The Balaban J connectivity index is 2.02. The average Bonchev–Trinajstić information content (AvgIpc) is 2.74. The first-order chi connectivity index (χ1) is 11.7. The van der Waals surface area contributed by atoms with E-state index in [1.54, 1.807) is 6.08 Å². The molecule has 1 aromatic rings. The molecule has 1 aliphatic heterocycles. The Bertz CT molecular complexity index is 610. The van der Waals surface area contributed by atoms with Gasteiger partial charge in [0.15, 0.2) is 0 Å². The van der Waals surface area contributed by atoms with Crippen LogP contribution in [0.2, 0.25) is 0 Å². The van der Waals surface area contributed by atoms with E-state index in [4.69, 9.17) is 21.4 Å². The summed E-state index contributed by atoms with van der Waals surface area (Å²) in [6.45, 7) is 6.20. The number of rotatable bonds is 4. The second-order valence-electron chi connectivity index (χ2n) is 6.78. The van der Waals surface area contributed by atoms with Crippen molar-refractivity contribution >= 4 is 17.3 Å². The monoisotopic (exact) mass is 347 g/mol. The minimum absolute atomic E-state index is 0.327. The number of alkyl halides is 1. The third-order valence-electron chi connectivity index (χ3n) is 5.16. The highest BCUT2D eigenvalue weighted by molar-refractivity contribution is 6.36. The van der Waals surface area contributed by atoms with E-state index in [9.17, 15) is 0 Å². The van der Waals surface area contributed by atoms with Crippen molar-refractivity contribution in [1.29, 1.82) is 0 Å². The fourth-order valence-corrected chi connectivity index (χ4v) is 4.37. The molecule has 24 heavy (non-hydrogen) atoms. The van der Waals surface area contributed by atoms with Gasteiger partial charge in [0, 0.05) is 6.20 Å². The molecule has 2 aliphatic rings. The van der Waals surface area contributed by atoms with Gasteiger partial charge in [-0.1, -0.05) is 23.9 Å². The van der Waals surface area contributed by atoms with Crippen molar-refractivity contribution in [1.82, 2.24) is 9.88 Å². The minimum atomic E-state index is -0.657. The van der Waals surface area contributed by atoms with E-state index in [0.717, 1.165) is 56.6 Å². The summed E-state index contributed by atoms with van der Waals surface area (Å²) in [7, 11) is 2.17. The van der Waals surface area contributed by atoms with Crippen molar-refractivity contribution in [2.75, 3.05) is 26.7 Å². The fourth-order valence-electron chi connectivity index (χ4n) is 3.85. The van der Waals surface area contributed by atoms with Crippen LogP contribution in [-0.2, 0) is 16.1 Å². The molecule has 1 unspecified atom stereocenters. The molecule has 1 fully saturated rings. The first-order valence-electron chi connectivity index (χ1n) is 8.78. The van der Waals surface area contributed by atoms with Crippen LogP contribution in [0.15, 0.2) is 36.1 Å². The number of aromatic nitrogens is 1. The molecule has 0 bridgehead atoms. The van der Waals surface area contributed by atoms with Crippen molar-refractivity contribution in [2.45, 2.75) is 37.0 Å². The Kier molecular flexibility index (Phi) is 5.57. The van der Waals surface area contributed by atoms with E-state index in [2.05, 4.69) is 29.7 Å². The van der Waals surface area contributed by atoms with Crippen molar-refractivity contribution in [3.05, 3.63) is 42.2 Å².